The molecule has 0 unspecified atom stereocenters. The van der Waals surface area contributed by atoms with E-state index in [0.29, 0.717) is 5.13 Å². The molecule has 1 aromatic heterocycles. The molecule has 3 aromatic carbocycles. The van der Waals surface area contributed by atoms with Crippen LogP contribution in [0.2, 0.25) is 0 Å². The van der Waals surface area contributed by atoms with Gasteiger partial charge in [-0.3, -0.25) is 4.79 Å². The van der Waals surface area contributed by atoms with Crippen LogP contribution < -0.4 is 10.6 Å². The van der Waals surface area contributed by atoms with E-state index in [-0.39, 0.29) is 5.91 Å². The Morgan fingerprint density at radius 2 is 1.55 bits per heavy atom. The summed E-state index contributed by atoms with van der Waals surface area (Å²) in [6, 6.07) is 22.0. The highest BCUT2D eigenvalue weighted by molar-refractivity contribution is 8.02. The van der Waals surface area contributed by atoms with Gasteiger partial charge in [-0.2, -0.15) is 0 Å². The summed E-state index contributed by atoms with van der Waals surface area (Å²) in [6.45, 7) is 8.18. The first kappa shape index (κ1) is 23.0. The number of carbonyl (C=O) groups excluding carboxylic acids is 1. The van der Waals surface area contributed by atoms with E-state index in [1.165, 1.54) is 23.1 Å². The molecule has 0 aliphatic heterocycles. The summed E-state index contributed by atoms with van der Waals surface area (Å²) in [5, 5.41) is 15.4. The number of hydrogen-bond donors (Lipinski definition) is 2. The maximum atomic E-state index is 13.3. The Morgan fingerprint density at radius 3 is 2.21 bits per heavy atom. The van der Waals surface area contributed by atoms with Crippen molar-refractivity contribution in [3.05, 3.63) is 94.5 Å². The second-order valence-electron chi connectivity index (χ2n) is 8.04. The lowest BCUT2D eigenvalue weighted by Gasteiger charge is -2.16. The molecule has 5 nitrogen and oxygen atoms in total. The number of hydrogen-bond acceptors (Lipinski definition) is 6. The summed E-state index contributed by atoms with van der Waals surface area (Å²) in [4.78, 5) is 13.3. The van der Waals surface area contributed by atoms with Gasteiger partial charge >= 0.3 is 0 Å². The minimum atomic E-state index is -0.451. The summed E-state index contributed by atoms with van der Waals surface area (Å²) in [5.74, 6) is -0.0874. The van der Waals surface area contributed by atoms with Crippen molar-refractivity contribution in [3.63, 3.8) is 0 Å². The van der Waals surface area contributed by atoms with E-state index in [0.717, 1.165) is 43.5 Å². The minimum absolute atomic E-state index is 0.0874. The third kappa shape index (κ3) is 5.80. The molecule has 33 heavy (non-hydrogen) atoms. The fraction of sp³-hybridized carbons (Fsp3) is 0.192. The van der Waals surface area contributed by atoms with Crippen molar-refractivity contribution in [2.45, 2.75) is 37.3 Å². The zero-order valence-corrected chi connectivity index (χ0v) is 20.7. The number of rotatable bonds is 7. The molecule has 0 fully saturated rings. The molecule has 4 rings (SSSR count). The number of aromatic nitrogens is 2. The fourth-order valence-electron chi connectivity index (χ4n) is 3.68. The van der Waals surface area contributed by atoms with Crippen LogP contribution in [0.1, 0.15) is 33.1 Å². The molecule has 1 amide bonds. The molecule has 0 aliphatic rings. The molecule has 1 heterocycles. The van der Waals surface area contributed by atoms with Crippen molar-refractivity contribution < 1.29 is 4.79 Å². The maximum absolute atomic E-state index is 13.3. The Labute approximate surface area is 202 Å². The predicted octanol–water partition coefficient (Wildman–Crippen LogP) is 6.99. The Balaban J connectivity index is 1.56. The van der Waals surface area contributed by atoms with Crippen LogP contribution in [0.4, 0.5) is 16.5 Å². The molecule has 1 atom stereocenters. The van der Waals surface area contributed by atoms with Crippen LogP contribution in [-0.4, -0.2) is 16.1 Å². The van der Waals surface area contributed by atoms with Gasteiger partial charge < -0.3 is 10.6 Å². The van der Waals surface area contributed by atoms with Gasteiger partial charge in [0, 0.05) is 11.4 Å². The van der Waals surface area contributed by atoms with E-state index in [9.17, 15) is 4.79 Å². The number of nitrogens with one attached hydrogen (secondary N) is 2. The Bertz CT molecular complexity index is 1230. The summed E-state index contributed by atoms with van der Waals surface area (Å²) >= 11 is 2.86. The van der Waals surface area contributed by atoms with E-state index >= 15 is 0 Å². The van der Waals surface area contributed by atoms with E-state index < -0.39 is 5.25 Å². The van der Waals surface area contributed by atoms with Gasteiger partial charge in [0.2, 0.25) is 11.0 Å². The average molecular weight is 475 g/mol. The molecule has 0 spiro atoms. The molecule has 0 bridgehead atoms. The zero-order chi connectivity index (χ0) is 23.4. The number of thioether (sulfide) groups is 1. The summed E-state index contributed by atoms with van der Waals surface area (Å²) in [5.41, 5.74) is 7.28. The molecule has 0 saturated heterocycles. The number of nitrogens with zero attached hydrogens (tertiary/aromatic N) is 2. The van der Waals surface area contributed by atoms with Crippen molar-refractivity contribution in [1.29, 1.82) is 0 Å². The van der Waals surface area contributed by atoms with Gasteiger partial charge in [-0.1, -0.05) is 77.7 Å². The second-order valence-corrected chi connectivity index (χ2v) is 10.4. The quantitative estimate of drug-likeness (QED) is 0.283. The fourth-order valence-corrected chi connectivity index (χ4v) is 5.63. The highest BCUT2D eigenvalue weighted by Crippen LogP contribution is 2.39. The van der Waals surface area contributed by atoms with Crippen molar-refractivity contribution in [1.82, 2.24) is 10.2 Å². The lowest BCUT2D eigenvalue weighted by atomic mass is 10.1. The predicted molar refractivity (Wildman–Crippen MR) is 139 cm³/mol. The Hall–Kier alpha value is -3.16. The largest absolute Gasteiger partial charge is 0.330 e. The van der Waals surface area contributed by atoms with Crippen LogP contribution in [0.25, 0.3) is 0 Å². The molecule has 2 N–H and O–H groups in total. The third-order valence-corrected chi connectivity index (χ3v) is 7.35. The monoisotopic (exact) mass is 474 g/mol. The minimum Gasteiger partial charge on any atom is -0.330 e. The van der Waals surface area contributed by atoms with Gasteiger partial charge in [0.05, 0.1) is 0 Å². The lowest BCUT2D eigenvalue weighted by molar-refractivity contribution is -0.115. The number of carbonyl (C=O) groups is 1. The highest BCUT2D eigenvalue weighted by atomic mass is 32.2. The first-order valence-electron chi connectivity index (χ1n) is 10.7. The van der Waals surface area contributed by atoms with E-state index in [4.69, 9.17) is 0 Å². The van der Waals surface area contributed by atoms with Crippen LogP contribution in [0.15, 0.2) is 71.1 Å². The summed E-state index contributed by atoms with van der Waals surface area (Å²) in [6.07, 6.45) is 0. The zero-order valence-electron chi connectivity index (χ0n) is 19.0. The number of para-hydroxylation sites is 1. The number of amides is 1. The van der Waals surface area contributed by atoms with Crippen molar-refractivity contribution in [2.24, 2.45) is 0 Å². The van der Waals surface area contributed by atoms with Gasteiger partial charge in [0.25, 0.3) is 0 Å². The SMILES string of the molecule is Cc1cc(C)cc(NC(=O)[C@H](Sc2nnc(Nc3c(C)cccc3C)s2)c2ccccc2)c1. The maximum Gasteiger partial charge on any atom is 0.242 e. The summed E-state index contributed by atoms with van der Waals surface area (Å²) < 4.78 is 0.730. The lowest BCUT2D eigenvalue weighted by Crippen LogP contribution is -2.19. The summed E-state index contributed by atoms with van der Waals surface area (Å²) in [7, 11) is 0. The molecule has 0 aliphatic carbocycles. The molecular formula is C26H26N4OS2. The second kappa shape index (κ2) is 10.2. The smallest absolute Gasteiger partial charge is 0.242 e. The van der Waals surface area contributed by atoms with Gasteiger partial charge in [-0.15, -0.1) is 10.2 Å². The van der Waals surface area contributed by atoms with Crippen molar-refractivity contribution in [2.75, 3.05) is 10.6 Å². The highest BCUT2D eigenvalue weighted by Gasteiger charge is 2.24. The van der Waals surface area contributed by atoms with Gasteiger partial charge in [-0.05, 0) is 67.6 Å². The molecule has 168 valence electrons. The molecular weight excluding hydrogens is 448 g/mol. The van der Waals surface area contributed by atoms with E-state index in [2.05, 4.69) is 52.9 Å². The van der Waals surface area contributed by atoms with Crippen LogP contribution in [-0.2, 0) is 4.79 Å². The van der Waals surface area contributed by atoms with Gasteiger partial charge in [0.1, 0.15) is 5.25 Å². The third-order valence-electron chi connectivity index (χ3n) is 5.17. The van der Waals surface area contributed by atoms with Gasteiger partial charge in [-0.25, -0.2) is 0 Å². The van der Waals surface area contributed by atoms with Crippen LogP contribution in [0.5, 0.6) is 0 Å². The normalized spacial score (nSPS) is 11.8. The average Bonchev–Trinajstić information content (AvgIpc) is 3.22. The molecule has 0 radical (unpaired) electrons. The van der Waals surface area contributed by atoms with Crippen molar-refractivity contribution in [3.8, 4) is 0 Å². The number of benzene rings is 3. The topological polar surface area (TPSA) is 66.9 Å². The molecule has 7 heteroatoms. The van der Waals surface area contributed by atoms with Gasteiger partial charge in [0.15, 0.2) is 4.34 Å². The standard InChI is InChI=1S/C26H26N4OS2/c1-16-13-17(2)15-21(14-16)27-24(31)23(20-11-6-5-7-12-20)32-26-30-29-25(33-26)28-22-18(3)9-8-10-19(22)4/h5-15,23H,1-4H3,(H,27,31)(H,28,29)/t23-/m1/s1. The number of aryl methyl sites for hydroxylation is 4. The van der Waals surface area contributed by atoms with E-state index in [1.807, 2.05) is 62.4 Å². The first-order chi connectivity index (χ1) is 15.9. The Morgan fingerprint density at radius 1 is 0.879 bits per heavy atom. The molecule has 4 aromatic rings. The van der Waals surface area contributed by atoms with E-state index in [1.54, 1.807) is 0 Å². The number of anilines is 3. The van der Waals surface area contributed by atoms with Crippen molar-refractivity contribution >= 4 is 45.5 Å². The van der Waals surface area contributed by atoms with Crippen LogP contribution in [0.3, 0.4) is 0 Å². The first-order valence-corrected chi connectivity index (χ1v) is 12.4. The molecule has 0 saturated carbocycles. The van der Waals surface area contributed by atoms with Crippen LogP contribution >= 0.6 is 23.1 Å². The van der Waals surface area contributed by atoms with Crippen LogP contribution in [0, 0.1) is 27.7 Å². The Kier molecular flexibility index (Phi) is 7.11.